The van der Waals surface area contributed by atoms with E-state index in [1.54, 1.807) is 6.92 Å². The van der Waals surface area contributed by atoms with Crippen molar-refractivity contribution in [2.45, 2.75) is 19.0 Å². The SMILES string of the molecule is CCOC(=O)CSc1nnc2c3ccccc3nc(-c3ccc(C)cc3)n12. The molecule has 27 heavy (non-hydrogen) atoms. The summed E-state index contributed by atoms with van der Waals surface area (Å²) < 4.78 is 6.93. The molecular weight excluding hydrogens is 360 g/mol. The van der Waals surface area contributed by atoms with Crippen LogP contribution in [0, 0.1) is 6.92 Å². The van der Waals surface area contributed by atoms with E-state index in [1.165, 1.54) is 17.3 Å². The molecule has 7 heteroatoms. The second-order valence-electron chi connectivity index (χ2n) is 6.05. The quantitative estimate of drug-likeness (QED) is 0.387. The van der Waals surface area contributed by atoms with Crippen LogP contribution in [-0.2, 0) is 9.53 Å². The predicted molar refractivity (Wildman–Crippen MR) is 106 cm³/mol. The van der Waals surface area contributed by atoms with E-state index in [9.17, 15) is 4.79 Å². The summed E-state index contributed by atoms with van der Waals surface area (Å²) in [6.07, 6.45) is 0. The molecule has 2 aromatic carbocycles. The lowest BCUT2D eigenvalue weighted by molar-refractivity contribution is -0.139. The number of hydrogen-bond donors (Lipinski definition) is 0. The Balaban J connectivity index is 1.89. The Kier molecular flexibility index (Phi) is 4.77. The van der Waals surface area contributed by atoms with Crippen molar-refractivity contribution in [3.05, 3.63) is 54.1 Å². The standard InChI is InChI=1S/C20H18N4O2S/c1-3-26-17(25)12-27-20-23-22-19-15-6-4-5-7-16(15)21-18(24(19)20)14-10-8-13(2)9-11-14/h4-11H,3,12H2,1-2H3. The van der Waals surface area contributed by atoms with Crippen LogP contribution in [0.1, 0.15) is 12.5 Å². The molecule has 0 N–H and O–H groups in total. The molecule has 0 bridgehead atoms. The molecular formula is C20H18N4O2S. The number of benzene rings is 2. The Morgan fingerprint density at radius 3 is 2.67 bits per heavy atom. The van der Waals surface area contributed by atoms with Crippen LogP contribution in [0.2, 0.25) is 0 Å². The summed E-state index contributed by atoms with van der Waals surface area (Å²) in [6, 6.07) is 16.0. The van der Waals surface area contributed by atoms with Crippen LogP contribution in [0.5, 0.6) is 0 Å². The minimum absolute atomic E-state index is 0.175. The van der Waals surface area contributed by atoms with Gasteiger partial charge in [0.15, 0.2) is 10.8 Å². The van der Waals surface area contributed by atoms with Crippen molar-refractivity contribution in [3.8, 4) is 11.4 Å². The zero-order valence-electron chi connectivity index (χ0n) is 15.0. The fourth-order valence-corrected chi connectivity index (χ4v) is 3.61. The van der Waals surface area contributed by atoms with Crippen LogP contribution < -0.4 is 0 Å². The van der Waals surface area contributed by atoms with Crippen molar-refractivity contribution in [2.75, 3.05) is 12.4 Å². The average Bonchev–Trinajstić information content (AvgIpc) is 3.11. The van der Waals surface area contributed by atoms with Gasteiger partial charge in [-0.3, -0.25) is 9.20 Å². The lowest BCUT2D eigenvalue weighted by atomic mass is 10.1. The first-order chi connectivity index (χ1) is 13.2. The molecule has 4 aromatic rings. The number of fused-ring (bicyclic) bond motifs is 3. The molecule has 0 aliphatic heterocycles. The number of carbonyl (C=O) groups excluding carboxylic acids is 1. The number of hydrogen-bond acceptors (Lipinski definition) is 6. The largest absolute Gasteiger partial charge is 0.465 e. The number of carbonyl (C=O) groups is 1. The van der Waals surface area contributed by atoms with Gasteiger partial charge in [0.25, 0.3) is 0 Å². The Morgan fingerprint density at radius 1 is 1.11 bits per heavy atom. The second kappa shape index (κ2) is 7.36. The molecule has 2 aromatic heterocycles. The number of para-hydroxylation sites is 1. The normalized spacial score (nSPS) is 11.2. The van der Waals surface area contributed by atoms with Crippen LogP contribution >= 0.6 is 11.8 Å². The summed E-state index contributed by atoms with van der Waals surface area (Å²) in [4.78, 5) is 16.6. The van der Waals surface area contributed by atoms with E-state index in [0.29, 0.717) is 11.8 Å². The van der Waals surface area contributed by atoms with Gasteiger partial charge in [-0.2, -0.15) is 0 Å². The molecule has 0 atom stereocenters. The van der Waals surface area contributed by atoms with E-state index in [2.05, 4.69) is 10.2 Å². The summed E-state index contributed by atoms with van der Waals surface area (Å²) in [5, 5.41) is 10.2. The number of aryl methyl sites for hydroxylation is 1. The van der Waals surface area contributed by atoms with Crippen LogP contribution in [0.4, 0.5) is 0 Å². The lowest BCUT2D eigenvalue weighted by Gasteiger charge is -2.10. The molecule has 0 unspecified atom stereocenters. The predicted octanol–water partition coefficient (Wildman–Crippen LogP) is 3.91. The van der Waals surface area contributed by atoms with E-state index in [0.717, 1.165) is 27.9 Å². The van der Waals surface area contributed by atoms with Gasteiger partial charge in [-0.05, 0) is 26.0 Å². The maximum atomic E-state index is 11.8. The van der Waals surface area contributed by atoms with Gasteiger partial charge >= 0.3 is 5.97 Å². The molecule has 0 aliphatic carbocycles. The summed E-state index contributed by atoms with van der Waals surface area (Å²) in [6.45, 7) is 4.20. The third-order valence-electron chi connectivity index (χ3n) is 4.15. The van der Waals surface area contributed by atoms with Crippen LogP contribution in [0.15, 0.2) is 53.7 Å². The number of aromatic nitrogens is 4. The number of thioether (sulfide) groups is 1. The fourth-order valence-electron chi connectivity index (χ4n) is 2.88. The molecule has 136 valence electrons. The molecule has 0 saturated heterocycles. The fraction of sp³-hybridized carbons (Fsp3) is 0.200. The van der Waals surface area contributed by atoms with Gasteiger partial charge in [0.05, 0.1) is 17.9 Å². The zero-order chi connectivity index (χ0) is 18.8. The molecule has 0 spiro atoms. The highest BCUT2D eigenvalue weighted by molar-refractivity contribution is 7.99. The third-order valence-corrected chi connectivity index (χ3v) is 5.05. The maximum Gasteiger partial charge on any atom is 0.316 e. The van der Waals surface area contributed by atoms with Crippen molar-refractivity contribution >= 4 is 34.3 Å². The maximum absolute atomic E-state index is 11.8. The van der Waals surface area contributed by atoms with Gasteiger partial charge < -0.3 is 4.74 Å². The second-order valence-corrected chi connectivity index (χ2v) is 7.00. The summed E-state index contributed by atoms with van der Waals surface area (Å²) in [5.41, 5.74) is 3.73. The third kappa shape index (κ3) is 3.38. The van der Waals surface area contributed by atoms with Gasteiger partial charge in [-0.1, -0.05) is 53.7 Å². The Hall–Kier alpha value is -2.93. The van der Waals surface area contributed by atoms with E-state index in [1.807, 2.05) is 59.9 Å². The summed E-state index contributed by atoms with van der Waals surface area (Å²) in [7, 11) is 0. The Bertz CT molecular complexity index is 1120. The number of ether oxygens (including phenoxy) is 1. The van der Waals surface area contributed by atoms with Crippen molar-refractivity contribution in [1.82, 2.24) is 19.6 Å². The monoisotopic (exact) mass is 378 g/mol. The van der Waals surface area contributed by atoms with Crippen molar-refractivity contribution < 1.29 is 9.53 Å². The molecule has 0 saturated carbocycles. The van der Waals surface area contributed by atoms with E-state index < -0.39 is 0 Å². The van der Waals surface area contributed by atoms with Crippen LogP contribution in [0.3, 0.4) is 0 Å². The van der Waals surface area contributed by atoms with Gasteiger partial charge in [0.1, 0.15) is 5.82 Å². The van der Waals surface area contributed by atoms with Gasteiger partial charge in [-0.15, -0.1) is 10.2 Å². The van der Waals surface area contributed by atoms with E-state index >= 15 is 0 Å². The number of rotatable bonds is 5. The number of esters is 1. The van der Waals surface area contributed by atoms with Crippen LogP contribution in [-0.4, -0.2) is 37.9 Å². The summed E-state index contributed by atoms with van der Waals surface area (Å²) >= 11 is 1.30. The van der Waals surface area contributed by atoms with Crippen LogP contribution in [0.25, 0.3) is 27.9 Å². The van der Waals surface area contributed by atoms with E-state index in [4.69, 9.17) is 9.72 Å². The van der Waals surface area contributed by atoms with E-state index in [-0.39, 0.29) is 11.7 Å². The highest BCUT2D eigenvalue weighted by atomic mass is 32.2. The Morgan fingerprint density at radius 2 is 1.89 bits per heavy atom. The molecule has 0 amide bonds. The first kappa shape index (κ1) is 17.5. The molecule has 0 radical (unpaired) electrons. The molecule has 4 rings (SSSR count). The van der Waals surface area contributed by atoms with Crippen molar-refractivity contribution in [3.63, 3.8) is 0 Å². The smallest absolute Gasteiger partial charge is 0.316 e. The first-order valence-corrected chi connectivity index (χ1v) is 9.65. The Labute approximate surface area is 160 Å². The lowest BCUT2D eigenvalue weighted by Crippen LogP contribution is -2.07. The summed E-state index contributed by atoms with van der Waals surface area (Å²) in [5.74, 6) is 0.652. The topological polar surface area (TPSA) is 69.4 Å². The zero-order valence-corrected chi connectivity index (χ0v) is 15.9. The van der Waals surface area contributed by atoms with Crippen molar-refractivity contribution in [2.24, 2.45) is 0 Å². The molecule has 6 nitrogen and oxygen atoms in total. The highest BCUT2D eigenvalue weighted by Crippen LogP contribution is 2.29. The highest BCUT2D eigenvalue weighted by Gasteiger charge is 2.17. The minimum Gasteiger partial charge on any atom is -0.465 e. The number of nitrogens with zero attached hydrogens (tertiary/aromatic N) is 4. The molecule has 0 aliphatic rings. The average molecular weight is 378 g/mol. The van der Waals surface area contributed by atoms with Gasteiger partial charge in [-0.25, -0.2) is 4.98 Å². The minimum atomic E-state index is -0.273. The molecule has 0 fully saturated rings. The molecule has 2 heterocycles. The first-order valence-electron chi connectivity index (χ1n) is 8.66. The van der Waals surface area contributed by atoms with Gasteiger partial charge in [0.2, 0.25) is 0 Å². The van der Waals surface area contributed by atoms with Gasteiger partial charge in [0, 0.05) is 10.9 Å². The van der Waals surface area contributed by atoms with Crippen molar-refractivity contribution in [1.29, 1.82) is 0 Å².